The van der Waals surface area contributed by atoms with Crippen molar-refractivity contribution >= 4 is 11.6 Å². The lowest BCUT2D eigenvalue weighted by Gasteiger charge is -2.20. The number of hydrogen-bond donors (Lipinski definition) is 3. The van der Waals surface area contributed by atoms with E-state index >= 15 is 0 Å². The molecular weight excluding hydrogens is 240 g/mol. The molecule has 1 amide bonds. The van der Waals surface area contributed by atoms with Crippen LogP contribution in [-0.2, 0) is 0 Å². The van der Waals surface area contributed by atoms with Gasteiger partial charge in [-0.15, -0.1) is 0 Å². The number of rotatable bonds is 4. The van der Waals surface area contributed by atoms with Crippen LogP contribution >= 0.6 is 0 Å². The summed E-state index contributed by atoms with van der Waals surface area (Å²) in [5.74, 6) is 6.43. The van der Waals surface area contributed by atoms with E-state index in [4.69, 9.17) is 5.84 Å². The number of anilines is 1. The van der Waals surface area contributed by atoms with E-state index in [0.29, 0.717) is 17.3 Å². The Bertz CT molecular complexity index is 432. The molecule has 3 atom stereocenters. The van der Waals surface area contributed by atoms with Crippen LogP contribution in [0.3, 0.4) is 0 Å². The first-order valence-electron chi connectivity index (χ1n) is 6.89. The zero-order valence-electron chi connectivity index (χ0n) is 11.5. The molecule has 0 spiro atoms. The highest BCUT2D eigenvalue weighted by Gasteiger charge is 2.32. The number of aromatic nitrogens is 1. The number of carbonyl (C=O) groups excluding carboxylic acids is 1. The minimum Gasteiger partial charge on any atom is -0.348 e. The quantitative estimate of drug-likeness (QED) is 0.572. The lowest BCUT2D eigenvalue weighted by atomic mass is 9.93. The van der Waals surface area contributed by atoms with E-state index in [2.05, 4.69) is 29.6 Å². The number of amides is 1. The van der Waals surface area contributed by atoms with Gasteiger partial charge in [0.15, 0.2) is 0 Å². The maximum Gasteiger partial charge on any atom is 0.270 e. The summed E-state index contributed by atoms with van der Waals surface area (Å²) in [4.78, 5) is 16.2. The molecule has 1 fully saturated rings. The molecule has 2 rings (SSSR count). The van der Waals surface area contributed by atoms with Crippen molar-refractivity contribution in [3.05, 3.63) is 24.0 Å². The Hall–Kier alpha value is -1.62. The molecule has 1 saturated carbocycles. The average Bonchev–Trinajstić information content (AvgIpc) is 2.79. The van der Waals surface area contributed by atoms with Gasteiger partial charge in [0.1, 0.15) is 5.69 Å². The van der Waals surface area contributed by atoms with E-state index in [1.165, 1.54) is 12.8 Å². The molecule has 0 aliphatic heterocycles. The number of hydrazine groups is 1. The van der Waals surface area contributed by atoms with Crippen molar-refractivity contribution in [2.75, 3.05) is 5.43 Å². The van der Waals surface area contributed by atoms with Crippen molar-refractivity contribution in [1.29, 1.82) is 0 Å². The number of nitrogens with one attached hydrogen (secondary N) is 2. The summed E-state index contributed by atoms with van der Waals surface area (Å²) < 4.78 is 0. The molecule has 1 aliphatic rings. The van der Waals surface area contributed by atoms with Crippen molar-refractivity contribution in [3.8, 4) is 0 Å². The second kappa shape index (κ2) is 6.02. The van der Waals surface area contributed by atoms with Gasteiger partial charge in [0.05, 0.1) is 11.9 Å². The van der Waals surface area contributed by atoms with Crippen molar-refractivity contribution in [2.45, 2.75) is 39.2 Å². The molecular formula is C14H22N4O. The molecule has 0 radical (unpaired) electrons. The maximum atomic E-state index is 12.1. The number of nitrogens with zero attached hydrogens (tertiary/aromatic N) is 1. The Morgan fingerprint density at radius 3 is 2.79 bits per heavy atom. The van der Waals surface area contributed by atoms with Crippen molar-refractivity contribution in [3.63, 3.8) is 0 Å². The van der Waals surface area contributed by atoms with Gasteiger partial charge in [-0.1, -0.05) is 20.3 Å². The maximum absolute atomic E-state index is 12.1. The Morgan fingerprint density at radius 1 is 1.47 bits per heavy atom. The molecule has 104 valence electrons. The van der Waals surface area contributed by atoms with Gasteiger partial charge in [0.2, 0.25) is 0 Å². The predicted octanol–water partition coefficient (Wildman–Crippen LogP) is 1.92. The van der Waals surface area contributed by atoms with Crippen LogP contribution in [0.1, 0.15) is 43.6 Å². The van der Waals surface area contributed by atoms with Crippen LogP contribution in [0.5, 0.6) is 0 Å². The second-order valence-corrected chi connectivity index (χ2v) is 5.26. The summed E-state index contributed by atoms with van der Waals surface area (Å²) in [6.45, 7) is 4.44. The number of carbonyl (C=O) groups is 1. The normalized spacial score (nSPS) is 26.2. The SMILES string of the molecule is CCC1CCC(NC(=O)c2ccc(NN)cn2)C1C. The smallest absolute Gasteiger partial charge is 0.270 e. The number of nitrogens with two attached hydrogens (primary N) is 1. The molecule has 19 heavy (non-hydrogen) atoms. The average molecular weight is 262 g/mol. The number of nitrogen functional groups attached to an aromatic ring is 1. The summed E-state index contributed by atoms with van der Waals surface area (Å²) in [6.07, 6.45) is 5.00. The third-order valence-electron chi connectivity index (χ3n) is 4.23. The van der Waals surface area contributed by atoms with Crippen molar-refractivity contribution < 1.29 is 4.79 Å². The first-order valence-corrected chi connectivity index (χ1v) is 6.89. The van der Waals surface area contributed by atoms with E-state index in [1.807, 2.05) is 0 Å². The van der Waals surface area contributed by atoms with Gasteiger partial charge < -0.3 is 10.7 Å². The molecule has 0 saturated heterocycles. The van der Waals surface area contributed by atoms with Crippen LogP contribution in [0.25, 0.3) is 0 Å². The number of hydrogen-bond acceptors (Lipinski definition) is 4. The Balaban J connectivity index is 1.97. The van der Waals surface area contributed by atoms with Crippen molar-refractivity contribution in [1.82, 2.24) is 10.3 Å². The fourth-order valence-electron chi connectivity index (χ4n) is 2.88. The largest absolute Gasteiger partial charge is 0.348 e. The molecule has 1 aliphatic carbocycles. The zero-order valence-corrected chi connectivity index (χ0v) is 11.5. The Morgan fingerprint density at radius 2 is 2.26 bits per heavy atom. The van der Waals surface area contributed by atoms with Gasteiger partial charge in [-0.25, -0.2) is 4.98 Å². The monoisotopic (exact) mass is 262 g/mol. The molecule has 5 nitrogen and oxygen atoms in total. The molecule has 0 bridgehead atoms. The fraction of sp³-hybridized carbons (Fsp3) is 0.571. The predicted molar refractivity (Wildman–Crippen MR) is 75.5 cm³/mol. The summed E-state index contributed by atoms with van der Waals surface area (Å²) in [5, 5.41) is 3.09. The standard InChI is InChI=1S/C14H22N4O/c1-3-10-4-6-12(9(10)2)17-14(19)13-7-5-11(18-15)8-16-13/h5,7-10,12,18H,3-4,6,15H2,1-2H3,(H,17,19). The van der Waals surface area contributed by atoms with Gasteiger partial charge in [-0.05, 0) is 36.8 Å². The van der Waals surface area contributed by atoms with Crippen LogP contribution in [0, 0.1) is 11.8 Å². The molecule has 3 unspecified atom stereocenters. The van der Waals surface area contributed by atoms with Crippen molar-refractivity contribution in [2.24, 2.45) is 17.7 Å². The van der Waals surface area contributed by atoms with Crippen LogP contribution in [-0.4, -0.2) is 16.9 Å². The van der Waals surface area contributed by atoms with Gasteiger partial charge in [0, 0.05) is 6.04 Å². The Kier molecular flexibility index (Phi) is 4.37. The van der Waals surface area contributed by atoms with Gasteiger partial charge in [0.25, 0.3) is 5.91 Å². The van der Waals surface area contributed by atoms with E-state index < -0.39 is 0 Å². The molecule has 4 N–H and O–H groups in total. The molecule has 5 heteroatoms. The summed E-state index contributed by atoms with van der Waals surface area (Å²) in [5.41, 5.74) is 3.62. The van der Waals surface area contributed by atoms with E-state index in [-0.39, 0.29) is 11.9 Å². The third-order valence-corrected chi connectivity index (χ3v) is 4.23. The summed E-state index contributed by atoms with van der Waals surface area (Å²) >= 11 is 0. The number of pyridine rings is 1. The van der Waals surface area contributed by atoms with E-state index in [0.717, 1.165) is 12.3 Å². The minimum absolute atomic E-state index is 0.0998. The highest BCUT2D eigenvalue weighted by molar-refractivity contribution is 5.92. The topological polar surface area (TPSA) is 80.0 Å². The molecule has 1 aromatic heterocycles. The van der Waals surface area contributed by atoms with Crippen LogP contribution in [0.4, 0.5) is 5.69 Å². The molecule has 1 heterocycles. The third kappa shape index (κ3) is 3.04. The molecule has 1 aromatic rings. The lowest BCUT2D eigenvalue weighted by molar-refractivity contribution is 0.0921. The van der Waals surface area contributed by atoms with E-state index in [1.54, 1.807) is 18.3 Å². The van der Waals surface area contributed by atoms with Gasteiger partial charge in [-0.2, -0.15) is 0 Å². The Labute approximate surface area is 114 Å². The second-order valence-electron chi connectivity index (χ2n) is 5.26. The van der Waals surface area contributed by atoms with Gasteiger partial charge >= 0.3 is 0 Å². The summed E-state index contributed by atoms with van der Waals surface area (Å²) in [6, 6.07) is 3.70. The van der Waals surface area contributed by atoms with Crippen LogP contribution in [0.2, 0.25) is 0 Å². The lowest BCUT2D eigenvalue weighted by Crippen LogP contribution is -2.37. The fourth-order valence-corrected chi connectivity index (χ4v) is 2.88. The zero-order chi connectivity index (χ0) is 13.8. The first-order chi connectivity index (χ1) is 9.15. The van der Waals surface area contributed by atoms with E-state index in [9.17, 15) is 4.79 Å². The van der Waals surface area contributed by atoms with Gasteiger partial charge in [-0.3, -0.25) is 10.6 Å². The molecule has 0 aromatic carbocycles. The summed E-state index contributed by atoms with van der Waals surface area (Å²) in [7, 11) is 0. The van der Waals surface area contributed by atoms with Crippen LogP contribution < -0.4 is 16.6 Å². The minimum atomic E-state index is -0.0998. The van der Waals surface area contributed by atoms with Crippen LogP contribution in [0.15, 0.2) is 18.3 Å². The highest BCUT2D eigenvalue weighted by Crippen LogP contribution is 2.33. The first kappa shape index (κ1) is 13.8. The highest BCUT2D eigenvalue weighted by atomic mass is 16.1.